The van der Waals surface area contributed by atoms with Crippen molar-refractivity contribution in [1.82, 2.24) is 4.90 Å². The lowest BCUT2D eigenvalue weighted by molar-refractivity contribution is 0.0742. The maximum Gasteiger partial charge on any atom is 0.316 e. The zero-order valence-electron chi connectivity index (χ0n) is 12.6. The van der Waals surface area contributed by atoms with Crippen LogP contribution in [0.5, 0.6) is 0 Å². The van der Waals surface area contributed by atoms with Crippen molar-refractivity contribution >= 4 is 17.6 Å². The molecule has 5 nitrogen and oxygen atoms in total. The minimum absolute atomic E-state index is 0.0304. The molecular formula is C17H19N3O2. The van der Waals surface area contributed by atoms with Gasteiger partial charge in [-0.2, -0.15) is 0 Å². The van der Waals surface area contributed by atoms with Gasteiger partial charge < -0.3 is 16.0 Å². The number of nitrogens with two attached hydrogens (primary N) is 1. The SMILES string of the molecule is CC(c1ccccc1)N(C)C(=O)c1ccc(NC(N)=O)cc1. The van der Waals surface area contributed by atoms with Crippen LogP contribution in [0.15, 0.2) is 54.6 Å². The minimum Gasteiger partial charge on any atom is -0.351 e. The van der Waals surface area contributed by atoms with Crippen LogP contribution < -0.4 is 11.1 Å². The molecule has 0 heterocycles. The molecule has 0 saturated carbocycles. The molecule has 0 aromatic heterocycles. The number of hydrogen-bond acceptors (Lipinski definition) is 2. The summed E-state index contributed by atoms with van der Waals surface area (Å²) in [6, 6.07) is 15.8. The zero-order chi connectivity index (χ0) is 16.1. The smallest absolute Gasteiger partial charge is 0.316 e. The molecule has 0 spiro atoms. The van der Waals surface area contributed by atoms with Gasteiger partial charge in [0.25, 0.3) is 5.91 Å². The second-order valence-corrected chi connectivity index (χ2v) is 5.07. The number of anilines is 1. The maximum absolute atomic E-state index is 12.5. The Hall–Kier alpha value is -2.82. The van der Waals surface area contributed by atoms with Crippen LogP contribution in [0.3, 0.4) is 0 Å². The average Bonchev–Trinajstić information content (AvgIpc) is 2.54. The summed E-state index contributed by atoms with van der Waals surface area (Å²) >= 11 is 0. The molecule has 2 rings (SSSR count). The Balaban J connectivity index is 2.11. The van der Waals surface area contributed by atoms with Crippen LogP contribution in [0.4, 0.5) is 10.5 Å². The third-order valence-corrected chi connectivity index (χ3v) is 3.58. The first-order valence-corrected chi connectivity index (χ1v) is 6.97. The van der Waals surface area contributed by atoms with E-state index in [4.69, 9.17) is 5.73 Å². The van der Waals surface area contributed by atoms with Crippen molar-refractivity contribution in [2.24, 2.45) is 5.73 Å². The summed E-state index contributed by atoms with van der Waals surface area (Å²) in [4.78, 5) is 25.0. The van der Waals surface area contributed by atoms with E-state index in [2.05, 4.69) is 5.32 Å². The van der Waals surface area contributed by atoms with Gasteiger partial charge in [-0.1, -0.05) is 30.3 Å². The number of urea groups is 1. The van der Waals surface area contributed by atoms with E-state index in [0.29, 0.717) is 11.3 Å². The fourth-order valence-corrected chi connectivity index (χ4v) is 2.17. The predicted molar refractivity (Wildman–Crippen MR) is 86.6 cm³/mol. The first-order chi connectivity index (χ1) is 10.5. The Morgan fingerprint density at radius 1 is 1.05 bits per heavy atom. The topological polar surface area (TPSA) is 75.4 Å². The molecule has 3 amide bonds. The molecule has 0 aliphatic carbocycles. The van der Waals surface area contributed by atoms with E-state index in [0.717, 1.165) is 5.56 Å². The number of primary amides is 1. The second-order valence-electron chi connectivity index (χ2n) is 5.07. The summed E-state index contributed by atoms with van der Waals surface area (Å²) in [6.07, 6.45) is 0. The van der Waals surface area contributed by atoms with Crippen LogP contribution in [-0.4, -0.2) is 23.9 Å². The molecule has 1 atom stereocenters. The van der Waals surface area contributed by atoms with Crippen molar-refractivity contribution in [2.45, 2.75) is 13.0 Å². The Morgan fingerprint density at radius 3 is 2.18 bits per heavy atom. The second kappa shape index (κ2) is 6.76. The lowest BCUT2D eigenvalue weighted by Gasteiger charge is -2.25. The predicted octanol–water partition coefficient (Wildman–Crippen LogP) is 3.01. The van der Waals surface area contributed by atoms with E-state index in [9.17, 15) is 9.59 Å². The Bertz CT molecular complexity index is 653. The van der Waals surface area contributed by atoms with Gasteiger partial charge in [-0.05, 0) is 36.8 Å². The van der Waals surface area contributed by atoms with Crippen LogP contribution in [-0.2, 0) is 0 Å². The summed E-state index contributed by atoms with van der Waals surface area (Å²) in [7, 11) is 1.77. The fraction of sp³-hybridized carbons (Fsp3) is 0.176. The quantitative estimate of drug-likeness (QED) is 0.910. The van der Waals surface area contributed by atoms with Crippen molar-refractivity contribution in [3.63, 3.8) is 0 Å². The van der Waals surface area contributed by atoms with Gasteiger partial charge in [0.2, 0.25) is 0 Å². The van der Waals surface area contributed by atoms with Crippen LogP contribution in [0.2, 0.25) is 0 Å². The van der Waals surface area contributed by atoms with Crippen molar-refractivity contribution in [1.29, 1.82) is 0 Å². The lowest BCUT2D eigenvalue weighted by Crippen LogP contribution is -2.29. The van der Waals surface area contributed by atoms with E-state index >= 15 is 0 Å². The number of nitrogens with one attached hydrogen (secondary N) is 1. The normalized spacial score (nSPS) is 11.5. The number of rotatable bonds is 4. The van der Waals surface area contributed by atoms with Crippen molar-refractivity contribution in [3.8, 4) is 0 Å². The highest BCUT2D eigenvalue weighted by Gasteiger charge is 2.18. The van der Waals surface area contributed by atoms with Crippen LogP contribution in [0.1, 0.15) is 28.9 Å². The Kier molecular flexibility index (Phi) is 4.78. The molecule has 0 saturated heterocycles. The summed E-state index contributed by atoms with van der Waals surface area (Å²) in [5, 5.41) is 2.46. The molecule has 0 aliphatic rings. The van der Waals surface area contributed by atoms with Crippen LogP contribution >= 0.6 is 0 Å². The summed E-state index contributed by atoms with van der Waals surface area (Å²) in [5.41, 5.74) is 7.24. The van der Waals surface area contributed by atoms with Gasteiger partial charge in [-0.15, -0.1) is 0 Å². The number of hydrogen-bond donors (Lipinski definition) is 2. The average molecular weight is 297 g/mol. The highest BCUT2D eigenvalue weighted by molar-refractivity contribution is 5.95. The van der Waals surface area contributed by atoms with Gasteiger partial charge >= 0.3 is 6.03 Å². The van der Waals surface area contributed by atoms with Gasteiger partial charge in [-0.3, -0.25) is 4.79 Å². The van der Waals surface area contributed by atoms with Crippen molar-refractivity contribution in [2.75, 3.05) is 12.4 Å². The van der Waals surface area contributed by atoms with Gasteiger partial charge in [0.05, 0.1) is 6.04 Å². The number of carbonyl (C=O) groups is 2. The Labute approximate surface area is 129 Å². The number of nitrogens with zero attached hydrogens (tertiary/aromatic N) is 1. The summed E-state index contributed by atoms with van der Waals surface area (Å²) in [5.74, 6) is -0.0815. The Morgan fingerprint density at radius 2 is 1.64 bits per heavy atom. The number of benzene rings is 2. The highest BCUT2D eigenvalue weighted by atomic mass is 16.2. The molecule has 1 unspecified atom stereocenters. The molecule has 0 aliphatic heterocycles. The standard InChI is InChI=1S/C17H19N3O2/c1-12(13-6-4-3-5-7-13)20(2)16(21)14-8-10-15(11-9-14)19-17(18)22/h3-12H,1-2H3,(H3,18,19,22). The number of carbonyl (C=O) groups excluding carboxylic acids is 2. The molecule has 3 N–H and O–H groups in total. The van der Waals surface area contributed by atoms with Gasteiger partial charge in [0.1, 0.15) is 0 Å². The summed E-state index contributed by atoms with van der Waals surface area (Å²) in [6.45, 7) is 1.98. The van der Waals surface area contributed by atoms with E-state index in [1.807, 2.05) is 37.3 Å². The van der Waals surface area contributed by atoms with E-state index in [1.54, 1.807) is 36.2 Å². The van der Waals surface area contributed by atoms with Crippen molar-refractivity contribution in [3.05, 3.63) is 65.7 Å². The van der Waals surface area contributed by atoms with Crippen LogP contribution in [0.25, 0.3) is 0 Å². The van der Waals surface area contributed by atoms with Crippen molar-refractivity contribution < 1.29 is 9.59 Å². The molecule has 2 aromatic rings. The molecule has 114 valence electrons. The van der Waals surface area contributed by atoms with Gasteiger partial charge in [0, 0.05) is 18.3 Å². The molecule has 22 heavy (non-hydrogen) atoms. The van der Waals surface area contributed by atoms with Gasteiger partial charge in [0.15, 0.2) is 0 Å². The molecule has 2 aromatic carbocycles. The fourth-order valence-electron chi connectivity index (χ4n) is 2.17. The number of amides is 3. The third kappa shape index (κ3) is 3.63. The monoisotopic (exact) mass is 297 g/mol. The van der Waals surface area contributed by atoms with E-state index < -0.39 is 6.03 Å². The summed E-state index contributed by atoms with van der Waals surface area (Å²) < 4.78 is 0. The van der Waals surface area contributed by atoms with Gasteiger partial charge in [-0.25, -0.2) is 4.79 Å². The lowest BCUT2D eigenvalue weighted by atomic mass is 10.1. The molecular weight excluding hydrogens is 278 g/mol. The maximum atomic E-state index is 12.5. The largest absolute Gasteiger partial charge is 0.351 e. The molecule has 0 bridgehead atoms. The minimum atomic E-state index is -0.631. The molecule has 0 fully saturated rings. The highest BCUT2D eigenvalue weighted by Crippen LogP contribution is 2.21. The first kappa shape index (κ1) is 15.6. The van der Waals surface area contributed by atoms with E-state index in [1.165, 1.54) is 0 Å². The molecule has 5 heteroatoms. The molecule has 0 radical (unpaired) electrons. The third-order valence-electron chi connectivity index (χ3n) is 3.58. The zero-order valence-corrected chi connectivity index (χ0v) is 12.6. The van der Waals surface area contributed by atoms with Crippen LogP contribution in [0, 0.1) is 0 Å². The van der Waals surface area contributed by atoms with E-state index in [-0.39, 0.29) is 11.9 Å². The first-order valence-electron chi connectivity index (χ1n) is 6.97.